The molecule has 0 saturated carbocycles. The summed E-state index contributed by atoms with van der Waals surface area (Å²) in [5, 5.41) is 9.78. The van der Waals surface area contributed by atoms with Gasteiger partial charge in [0.05, 0.1) is 22.8 Å². The normalized spacial score (nSPS) is 19.3. The molecule has 0 unspecified atom stereocenters. The molecule has 0 saturated heterocycles. The van der Waals surface area contributed by atoms with Gasteiger partial charge in [-0.1, -0.05) is 6.07 Å². The van der Waals surface area contributed by atoms with Crippen LogP contribution in [0.15, 0.2) is 18.2 Å². The van der Waals surface area contributed by atoms with Crippen LogP contribution in [-0.2, 0) is 16.6 Å². The fourth-order valence-electron chi connectivity index (χ4n) is 2.68. The van der Waals surface area contributed by atoms with Gasteiger partial charge in [0.1, 0.15) is 5.75 Å². The van der Waals surface area contributed by atoms with Gasteiger partial charge in [-0.25, -0.2) is 0 Å². The van der Waals surface area contributed by atoms with Crippen molar-refractivity contribution in [2.75, 3.05) is 10.6 Å². The molecular formula is C17H20N4O3. The highest BCUT2D eigenvalue weighted by atomic mass is 16.5. The van der Waals surface area contributed by atoms with Crippen molar-refractivity contribution in [1.29, 1.82) is 0 Å². The van der Waals surface area contributed by atoms with Crippen LogP contribution in [0.2, 0.25) is 0 Å². The number of carbonyl (C=O) groups is 2. The summed E-state index contributed by atoms with van der Waals surface area (Å²) in [6.45, 7) is 7.02. The number of hydrogen-bond donors (Lipinski definition) is 2. The smallest absolute Gasteiger partial charge is 0.278 e. The van der Waals surface area contributed by atoms with Crippen molar-refractivity contribution in [2.24, 2.45) is 7.05 Å². The number of amides is 2. The van der Waals surface area contributed by atoms with Crippen LogP contribution in [0, 0.1) is 20.8 Å². The minimum Gasteiger partial charge on any atom is -0.466 e. The first kappa shape index (κ1) is 16.0. The lowest BCUT2D eigenvalue weighted by Gasteiger charge is -2.33. The summed E-state index contributed by atoms with van der Waals surface area (Å²) >= 11 is 0. The quantitative estimate of drug-likeness (QED) is 0.827. The predicted octanol–water partition coefficient (Wildman–Crippen LogP) is 2.07. The molecule has 1 atom stereocenters. The summed E-state index contributed by atoms with van der Waals surface area (Å²) in [4.78, 5) is 25.2. The number of ether oxygens (including phenoxy) is 1. The summed E-state index contributed by atoms with van der Waals surface area (Å²) < 4.78 is 7.43. The molecule has 7 heteroatoms. The van der Waals surface area contributed by atoms with E-state index >= 15 is 0 Å². The lowest BCUT2D eigenvalue weighted by Crippen LogP contribution is -2.56. The number of benzene rings is 1. The fourth-order valence-corrected chi connectivity index (χ4v) is 2.68. The Balaban J connectivity index is 1.91. The molecule has 0 radical (unpaired) electrons. The Morgan fingerprint density at radius 3 is 2.67 bits per heavy atom. The van der Waals surface area contributed by atoms with Gasteiger partial charge in [-0.05, 0) is 45.4 Å². The van der Waals surface area contributed by atoms with E-state index in [9.17, 15) is 9.59 Å². The van der Waals surface area contributed by atoms with E-state index in [-0.39, 0.29) is 0 Å². The first-order chi connectivity index (χ1) is 11.2. The number of hydrogen-bond acceptors (Lipinski definition) is 4. The second-order valence-corrected chi connectivity index (χ2v) is 6.21. The number of nitrogens with zero attached hydrogens (tertiary/aromatic N) is 2. The topological polar surface area (TPSA) is 85.3 Å². The van der Waals surface area contributed by atoms with E-state index in [4.69, 9.17) is 4.74 Å². The third-order valence-corrected chi connectivity index (χ3v) is 4.31. The zero-order valence-corrected chi connectivity index (χ0v) is 14.4. The molecule has 2 aromatic rings. The highest BCUT2D eigenvalue weighted by Crippen LogP contribution is 2.35. The van der Waals surface area contributed by atoms with Crippen molar-refractivity contribution in [3.05, 3.63) is 35.2 Å². The lowest BCUT2D eigenvalue weighted by molar-refractivity contribution is -0.143. The Hall–Kier alpha value is -2.83. The van der Waals surface area contributed by atoms with Gasteiger partial charge in [-0.2, -0.15) is 5.10 Å². The molecule has 1 aliphatic rings. The van der Waals surface area contributed by atoms with E-state index in [1.54, 1.807) is 30.8 Å². The highest BCUT2D eigenvalue weighted by molar-refractivity contribution is 6.19. The molecule has 24 heavy (non-hydrogen) atoms. The third kappa shape index (κ3) is 2.42. The van der Waals surface area contributed by atoms with Gasteiger partial charge in [0.15, 0.2) is 0 Å². The molecule has 2 heterocycles. The van der Waals surface area contributed by atoms with Gasteiger partial charge in [-0.3, -0.25) is 14.3 Å². The van der Waals surface area contributed by atoms with E-state index in [2.05, 4.69) is 15.7 Å². The van der Waals surface area contributed by atoms with Crippen molar-refractivity contribution in [2.45, 2.75) is 33.3 Å². The largest absolute Gasteiger partial charge is 0.466 e. The monoisotopic (exact) mass is 328 g/mol. The first-order valence-electron chi connectivity index (χ1n) is 7.65. The molecule has 2 amide bonds. The summed E-state index contributed by atoms with van der Waals surface area (Å²) in [7, 11) is 1.79. The molecule has 2 N–H and O–H groups in total. The van der Waals surface area contributed by atoms with Crippen molar-refractivity contribution in [3.8, 4) is 5.75 Å². The number of aromatic nitrogens is 2. The van der Waals surface area contributed by atoms with Crippen LogP contribution in [0.4, 0.5) is 11.4 Å². The van der Waals surface area contributed by atoms with Crippen LogP contribution in [0.3, 0.4) is 0 Å². The SMILES string of the molecule is Cc1ccc2c(c1)NC(=O)[C@](C)(C(=O)Nc1c(C)nn(C)c1C)O2. The van der Waals surface area contributed by atoms with Gasteiger partial charge in [0, 0.05) is 7.05 Å². The number of anilines is 2. The maximum atomic E-state index is 12.8. The van der Waals surface area contributed by atoms with Gasteiger partial charge in [0.25, 0.3) is 17.4 Å². The summed E-state index contributed by atoms with van der Waals surface area (Å²) in [6, 6.07) is 5.42. The molecule has 7 nitrogen and oxygen atoms in total. The number of nitrogens with one attached hydrogen (secondary N) is 2. The van der Waals surface area contributed by atoms with E-state index in [0.717, 1.165) is 11.3 Å². The van der Waals surface area contributed by atoms with E-state index < -0.39 is 17.4 Å². The van der Waals surface area contributed by atoms with Crippen LogP contribution in [0.1, 0.15) is 23.9 Å². The second kappa shape index (κ2) is 5.36. The molecule has 1 aromatic carbocycles. The summed E-state index contributed by atoms with van der Waals surface area (Å²) in [6.07, 6.45) is 0. The van der Waals surface area contributed by atoms with Crippen LogP contribution >= 0.6 is 0 Å². The van der Waals surface area contributed by atoms with Crippen LogP contribution in [0.5, 0.6) is 5.75 Å². The molecule has 0 bridgehead atoms. The molecule has 0 aliphatic carbocycles. The van der Waals surface area contributed by atoms with Gasteiger partial charge >= 0.3 is 0 Å². The predicted molar refractivity (Wildman–Crippen MR) is 90.2 cm³/mol. The minimum absolute atomic E-state index is 0.470. The molecule has 1 aliphatic heterocycles. The van der Waals surface area contributed by atoms with Crippen LogP contribution in [0.25, 0.3) is 0 Å². The van der Waals surface area contributed by atoms with Crippen molar-refractivity contribution in [1.82, 2.24) is 9.78 Å². The molecule has 0 spiro atoms. The number of fused-ring (bicyclic) bond motifs is 1. The summed E-state index contributed by atoms with van der Waals surface area (Å²) in [5.74, 6) is -0.569. The average molecular weight is 328 g/mol. The van der Waals surface area contributed by atoms with Gasteiger partial charge < -0.3 is 15.4 Å². The molecule has 3 rings (SSSR count). The zero-order valence-electron chi connectivity index (χ0n) is 14.4. The molecule has 1 aromatic heterocycles. The van der Waals surface area contributed by atoms with E-state index in [0.29, 0.717) is 22.8 Å². The molecular weight excluding hydrogens is 308 g/mol. The zero-order chi connectivity index (χ0) is 17.6. The second-order valence-electron chi connectivity index (χ2n) is 6.21. The van der Waals surface area contributed by atoms with Crippen LogP contribution < -0.4 is 15.4 Å². The Kier molecular flexibility index (Phi) is 3.59. The van der Waals surface area contributed by atoms with Crippen LogP contribution in [-0.4, -0.2) is 27.2 Å². The van der Waals surface area contributed by atoms with Crippen molar-refractivity contribution in [3.63, 3.8) is 0 Å². The average Bonchev–Trinajstić information content (AvgIpc) is 2.75. The fraction of sp³-hybridized carbons (Fsp3) is 0.353. The number of rotatable bonds is 2. The maximum absolute atomic E-state index is 12.8. The molecule has 126 valence electrons. The van der Waals surface area contributed by atoms with Crippen molar-refractivity contribution >= 4 is 23.2 Å². The first-order valence-corrected chi connectivity index (χ1v) is 7.65. The Labute approximate surface area is 140 Å². The van der Waals surface area contributed by atoms with Gasteiger partial charge in [0.2, 0.25) is 0 Å². The van der Waals surface area contributed by atoms with E-state index in [1.165, 1.54) is 6.92 Å². The summed E-state index contributed by atoms with van der Waals surface area (Å²) in [5.41, 5.74) is 1.98. The Morgan fingerprint density at radius 2 is 2.04 bits per heavy atom. The maximum Gasteiger partial charge on any atom is 0.278 e. The third-order valence-electron chi connectivity index (χ3n) is 4.31. The lowest BCUT2D eigenvalue weighted by atomic mass is 10.0. The van der Waals surface area contributed by atoms with Crippen molar-refractivity contribution < 1.29 is 14.3 Å². The Bertz CT molecular complexity index is 856. The Morgan fingerprint density at radius 1 is 1.33 bits per heavy atom. The van der Waals surface area contributed by atoms with Gasteiger partial charge in [-0.15, -0.1) is 0 Å². The number of carbonyl (C=O) groups excluding carboxylic acids is 2. The molecule has 0 fully saturated rings. The number of aryl methyl sites for hydroxylation is 3. The standard InChI is InChI=1S/C17H20N4O3/c1-9-6-7-13-12(8-9)18-15(22)17(4,24-13)16(23)19-14-10(2)20-21(5)11(14)3/h6-8H,1-5H3,(H,18,22)(H,19,23)/t17-/m1/s1. The van der Waals surface area contributed by atoms with E-state index in [1.807, 2.05) is 19.9 Å². The minimum atomic E-state index is -1.66. The highest BCUT2D eigenvalue weighted by Gasteiger charge is 2.47.